The number of hydrogen-bond donors (Lipinski definition) is 3. The van der Waals surface area contributed by atoms with Crippen LogP contribution in [-0.4, -0.2) is 39.2 Å². The number of aryl methyl sites for hydroxylation is 1. The summed E-state index contributed by atoms with van der Waals surface area (Å²) in [6.07, 6.45) is 4.33. The standard InChI is InChI=1S/C13H23N5O/c1-10-8-12(17-14)16-13(15-10)9-18-6-2-4-11(18)5-3-7-19/h8,11,19H,2-7,9,14H2,1H3,(H,15,16,17). The van der Waals surface area contributed by atoms with Crippen molar-refractivity contribution in [2.75, 3.05) is 18.6 Å². The molecule has 0 bridgehead atoms. The summed E-state index contributed by atoms with van der Waals surface area (Å²) in [6, 6.07) is 2.38. The molecule has 6 nitrogen and oxygen atoms in total. The molecule has 0 radical (unpaired) electrons. The lowest BCUT2D eigenvalue weighted by atomic mass is 10.1. The fourth-order valence-electron chi connectivity index (χ4n) is 2.71. The first kappa shape index (κ1) is 14.2. The highest BCUT2D eigenvalue weighted by atomic mass is 16.2. The lowest BCUT2D eigenvalue weighted by Gasteiger charge is -2.23. The molecule has 0 spiro atoms. The molecule has 2 rings (SSSR count). The van der Waals surface area contributed by atoms with Gasteiger partial charge in [0.25, 0.3) is 0 Å². The number of rotatable bonds is 6. The van der Waals surface area contributed by atoms with Crippen molar-refractivity contribution in [3.63, 3.8) is 0 Å². The molecule has 1 saturated heterocycles. The maximum Gasteiger partial charge on any atom is 0.145 e. The Labute approximate surface area is 114 Å². The predicted octanol–water partition coefficient (Wildman–Crippen LogP) is 0.808. The minimum atomic E-state index is 0.270. The molecule has 0 aromatic carbocycles. The third-order valence-corrected chi connectivity index (χ3v) is 3.59. The minimum Gasteiger partial charge on any atom is -0.396 e. The highest BCUT2D eigenvalue weighted by Gasteiger charge is 2.24. The summed E-state index contributed by atoms with van der Waals surface area (Å²) in [7, 11) is 0. The molecule has 1 aromatic rings. The number of nitrogen functional groups attached to an aromatic ring is 1. The first-order valence-corrected chi connectivity index (χ1v) is 6.89. The van der Waals surface area contributed by atoms with Crippen LogP contribution >= 0.6 is 0 Å². The summed E-state index contributed by atoms with van der Waals surface area (Å²) in [5.41, 5.74) is 3.50. The smallest absolute Gasteiger partial charge is 0.145 e. The van der Waals surface area contributed by atoms with Gasteiger partial charge in [0.05, 0.1) is 6.54 Å². The second kappa shape index (κ2) is 6.79. The summed E-state index contributed by atoms with van der Waals surface area (Å²) in [5.74, 6) is 6.88. The fraction of sp³-hybridized carbons (Fsp3) is 0.692. The van der Waals surface area contributed by atoms with Crippen molar-refractivity contribution in [1.29, 1.82) is 0 Å². The van der Waals surface area contributed by atoms with Crippen LogP contribution in [0.5, 0.6) is 0 Å². The second-order valence-electron chi connectivity index (χ2n) is 5.09. The van der Waals surface area contributed by atoms with Crippen LogP contribution in [0.25, 0.3) is 0 Å². The molecule has 19 heavy (non-hydrogen) atoms. The average Bonchev–Trinajstić information content (AvgIpc) is 2.83. The van der Waals surface area contributed by atoms with E-state index in [2.05, 4.69) is 20.3 Å². The van der Waals surface area contributed by atoms with Crippen LogP contribution < -0.4 is 11.3 Å². The predicted molar refractivity (Wildman–Crippen MR) is 74.3 cm³/mol. The lowest BCUT2D eigenvalue weighted by Crippen LogP contribution is -2.30. The lowest BCUT2D eigenvalue weighted by molar-refractivity contribution is 0.206. The summed E-state index contributed by atoms with van der Waals surface area (Å²) in [4.78, 5) is 11.3. The minimum absolute atomic E-state index is 0.270. The molecule has 106 valence electrons. The van der Waals surface area contributed by atoms with Gasteiger partial charge in [0.2, 0.25) is 0 Å². The monoisotopic (exact) mass is 265 g/mol. The van der Waals surface area contributed by atoms with Crippen molar-refractivity contribution in [3.8, 4) is 0 Å². The van der Waals surface area contributed by atoms with Crippen LogP contribution in [0.15, 0.2) is 6.07 Å². The van der Waals surface area contributed by atoms with Crippen LogP contribution in [0.2, 0.25) is 0 Å². The van der Waals surface area contributed by atoms with Crippen LogP contribution in [0.1, 0.15) is 37.2 Å². The molecule has 1 aliphatic rings. The van der Waals surface area contributed by atoms with Crippen molar-refractivity contribution in [1.82, 2.24) is 14.9 Å². The summed E-state index contributed by atoms with van der Waals surface area (Å²) < 4.78 is 0. The number of hydrazine groups is 1. The molecule has 0 amide bonds. The van der Waals surface area contributed by atoms with Gasteiger partial charge in [0.15, 0.2) is 0 Å². The number of nitrogens with zero attached hydrogens (tertiary/aromatic N) is 3. The molecular formula is C13H23N5O. The van der Waals surface area contributed by atoms with Crippen molar-refractivity contribution in [2.24, 2.45) is 5.84 Å². The van der Waals surface area contributed by atoms with Crippen molar-refractivity contribution in [3.05, 3.63) is 17.6 Å². The van der Waals surface area contributed by atoms with Crippen LogP contribution in [0.4, 0.5) is 5.82 Å². The molecule has 0 aliphatic carbocycles. The van der Waals surface area contributed by atoms with E-state index < -0.39 is 0 Å². The SMILES string of the molecule is Cc1cc(NN)nc(CN2CCCC2CCCO)n1. The second-order valence-corrected chi connectivity index (χ2v) is 5.09. The molecule has 6 heteroatoms. The van der Waals surface area contributed by atoms with Gasteiger partial charge in [-0.05, 0) is 39.2 Å². The number of anilines is 1. The Kier molecular flexibility index (Phi) is 5.07. The van der Waals surface area contributed by atoms with Crippen LogP contribution in [0.3, 0.4) is 0 Å². The summed E-state index contributed by atoms with van der Waals surface area (Å²) in [5, 5.41) is 8.94. The van der Waals surface area contributed by atoms with E-state index in [-0.39, 0.29) is 6.61 Å². The number of aromatic nitrogens is 2. The molecule has 0 saturated carbocycles. The third kappa shape index (κ3) is 3.86. The van der Waals surface area contributed by atoms with Gasteiger partial charge < -0.3 is 10.5 Å². The van der Waals surface area contributed by atoms with Gasteiger partial charge in [-0.15, -0.1) is 0 Å². The molecular weight excluding hydrogens is 242 g/mol. The number of hydrogen-bond acceptors (Lipinski definition) is 6. The van der Waals surface area contributed by atoms with E-state index >= 15 is 0 Å². The van der Waals surface area contributed by atoms with Crippen molar-refractivity contribution in [2.45, 2.75) is 45.2 Å². The van der Waals surface area contributed by atoms with Crippen molar-refractivity contribution >= 4 is 5.82 Å². The highest BCUT2D eigenvalue weighted by Crippen LogP contribution is 2.23. The van der Waals surface area contributed by atoms with Gasteiger partial charge in [-0.3, -0.25) is 4.90 Å². The normalized spacial score (nSPS) is 19.8. The number of nitrogens with two attached hydrogens (primary N) is 1. The van der Waals surface area contributed by atoms with Gasteiger partial charge in [0.1, 0.15) is 11.6 Å². The van der Waals surface area contributed by atoms with Gasteiger partial charge in [-0.1, -0.05) is 0 Å². The first-order chi connectivity index (χ1) is 9.22. The Bertz CT molecular complexity index is 412. The molecule has 1 aliphatic heterocycles. The van der Waals surface area contributed by atoms with E-state index in [4.69, 9.17) is 10.9 Å². The summed E-state index contributed by atoms with van der Waals surface area (Å²) >= 11 is 0. The Morgan fingerprint density at radius 2 is 2.37 bits per heavy atom. The number of aliphatic hydroxyl groups excluding tert-OH is 1. The maximum atomic E-state index is 8.94. The van der Waals surface area contributed by atoms with Crippen molar-refractivity contribution < 1.29 is 5.11 Å². The topological polar surface area (TPSA) is 87.3 Å². The van der Waals surface area contributed by atoms with Gasteiger partial charge in [0, 0.05) is 24.4 Å². The number of aliphatic hydroxyl groups is 1. The first-order valence-electron chi connectivity index (χ1n) is 6.89. The molecule has 1 fully saturated rings. The molecule has 2 heterocycles. The summed E-state index contributed by atoms with van der Waals surface area (Å²) in [6.45, 7) is 4.05. The Balaban J connectivity index is 2.01. The molecule has 1 unspecified atom stereocenters. The van der Waals surface area contributed by atoms with Crippen LogP contribution in [0, 0.1) is 6.92 Å². The largest absolute Gasteiger partial charge is 0.396 e. The zero-order valence-electron chi connectivity index (χ0n) is 11.5. The Hall–Kier alpha value is -1.24. The number of likely N-dealkylation sites (tertiary alicyclic amines) is 1. The quantitative estimate of drug-likeness (QED) is 0.521. The van der Waals surface area contributed by atoms with E-state index in [1.165, 1.54) is 12.8 Å². The van der Waals surface area contributed by atoms with E-state index in [1.807, 2.05) is 13.0 Å². The maximum absolute atomic E-state index is 8.94. The van der Waals surface area contributed by atoms with E-state index in [1.54, 1.807) is 0 Å². The van der Waals surface area contributed by atoms with Gasteiger partial charge in [-0.2, -0.15) is 0 Å². The van der Waals surface area contributed by atoms with E-state index in [0.29, 0.717) is 11.9 Å². The van der Waals surface area contributed by atoms with E-state index in [9.17, 15) is 0 Å². The Morgan fingerprint density at radius 3 is 3.11 bits per heavy atom. The number of nitrogens with one attached hydrogen (secondary N) is 1. The average molecular weight is 265 g/mol. The zero-order valence-corrected chi connectivity index (χ0v) is 11.5. The fourth-order valence-corrected chi connectivity index (χ4v) is 2.71. The molecule has 1 atom stereocenters. The van der Waals surface area contributed by atoms with Gasteiger partial charge in [-0.25, -0.2) is 15.8 Å². The molecule has 4 N–H and O–H groups in total. The zero-order chi connectivity index (χ0) is 13.7. The van der Waals surface area contributed by atoms with Crippen LogP contribution in [-0.2, 0) is 6.54 Å². The third-order valence-electron chi connectivity index (χ3n) is 3.59. The van der Waals surface area contributed by atoms with Gasteiger partial charge >= 0.3 is 0 Å². The highest BCUT2D eigenvalue weighted by molar-refractivity contribution is 5.33. The molecule has 1 aromatic heterocycles. The Morgan fingerprint density at radius 1 is 1.53 bits per heavy atom. The van der Waals surface area contributed by atoms with E-state index in [0.717, 1.165) is 37.4 Å².